The molecule has 3 aromatic rings. The van der Waals surface area contributed by atoms with E-state index >= 15 is 0 Å². The fourth-order valence-corrected chi connectivity index (χ4v) is 4.46. The predicted molar refractivity (Wildman–Crippen MR) is 102 cm³/mol. The van der Waals surface area contributed by atoms with Crippen molar-refractivity contribution in [3.05, 3.63) is 54.1 Å². The van der Waals surface area contributed by atoms with Gasteiger partial charge in [0.2, 0.25) is 0 Å². The summed E-state index contributed by atoms with van der Waals surface area (Å²) in [6.45, 7) is 0. The van der Waals surface area contributed by atoms with E-state index in [2.05, 4.69) is 10.0 Å². The van der Waals surface area contributed by atoms with Crippen LogP contribution in [0.15, 0.2) is 53.4 Å². The van der Waals surface area contributed by atoms with Gasteiger partial charge < -0.3 is 14.8 Å². The van der Waals surface area contributed by atoms with Crippen LogP contribution in [-0.2, 0) is 10.0 Å². The van der Waals surface area contributed by atoms with Gasteiger partial charge in [0.1, 0.15) is 0 Å². The summed E-state index contributed by atoms with van der Waals surface area (Å²) in [5.41, 5.74) is 1.41. The molecular weight excluding hydrogens is 368 g/mol. The molecule has 0 fully saturated rings. The van der Waals surface area contributed by atoms with Crippen LogP contribution in [0.1, 0.15) is 10.4 Å². The average Bonchev–Trinajstić information content (AvgIpc) is 2.99. The van der Waals surface area contributed by atoms with Crippen molar-refractivity contribution in [1.82, 2.24) is 0 Å². The highest BCUT2D eigenvalue weighted by Crippen LogP contribution is 2.37. The Hall–Kier alpha value is -3.26. The molecule has 1 aliphatic rings. The lowest BCUT2D eigenvalue weighted by molar-refractivity contribution is 0.103. The maximum Gasteiger partial charge on any atom is 0.262 e. The monoisotopic (exact) mass is 384 g/mol. The maximum absolute atomic E-state index is 13.0. The molecule has 0 radical (unpaired) electrons. The van der Waals surface area contributed by atoms with E-state index < -0.39 is 10.0 Å². The first-order valence-corrected chi connectivity index (χ1v) is 9.55. The number of hydrogen-bond donors (Lipinski definition) is 2. The van der Waals surface area contributed by atoms with Gasteiger partial charge in [0.05, 0.1) is 24.8 Å². The molecule has 8 heteroatoms. The van der Waals surface area contributed by atoms with Gasteiger partial charge in [-0.05, 0) is 30.3 Å². The third kappa shape index (κ3) is 2.74. The number of sulfonamides is 1. The summed E-state index contributed by atoms with van der Waals surface area (Å²) >= 11 is 0. The average molecular weight is 384 g/mol. The zero-order valence-electron chi connectivity index (χ0n) is 14.6. The van der Waals surface area contributed by atoms with Gasteiger partial charge in [0.25, 0.3) is 15.9 Å². The van der Waals surface area contributed by atoms with Gasteiger partial charge in [-0.2, -0.15) is 0 Å². The minimum Gasteiger partial charge on any atom is -0.493 e. The standard InChI is InChI=1S/C19H16N2O5S/c1-25-15-8-6-11(10-16(15)26-2)21-27(23,24)17-9-7-14-18-12(17)4-3-5-13(18)19(22)20-14/h3-10,21H,1-2H3,(H,20,22). The van der Waals surface area contributed by atoms with E-state index in [9.17, 15) is 13.2 Å². The van der Waals surface area contributed by atoms with Crippen LogP contribution >= 0.6 is 0 Å². The van der Waals surface area contributed by atoms with Gasteiger partial charge in [-0.15, -0.1) is 0 Å². The van der Waals surface area contributed by atoms with Crippen molar-refractivity contribution in [1.29, 1.82) is 0 Å². The van der Waals surface area contributed by atoms with Crippen LogP contribution in [0.3, 0.4) is 0 Å². The van der Waals surface area contributed by atoms with E-state index in [-0.39, 0.29) is 10.8 Å². The number of methoxy groups -OCH3 is 2. The molecule has 4 rings (SSSR count). The third-order valence-electron chi connectivity index (χ3n) is 4.42. The molecule has 1 aliphatic heterocycles. The fourth-order valence-electron chi connectivity index (χ4n) is 3.21. The zero-order valence-corrected chi connectivity index (χ0v) is 15.4. The molecule has 0 saturated heterocycles. The summed E-state index contributed by atoms with van der Waals surface area (Å²) in [4.78, 5) is 12.1. The topological polar surface area (TPSA) is 93.7 Å². The molecule has 0 bridgehead atoms. The molecule has 0 atom stereocenters. The van der Waals surface area contributed by atoms with Gasteiger partial charge in [-0.25, -0.2) is 8.42 Å². The quantitative estimate of drug-likeness (QED) is 0.704. The fraction of sp³-hybridized carbons (Fsp3) is 0.105. The van der Waals surface area contributed by atoms with Gasteiger partial charge >= 0.3 is 0 Å². The number of amides is 1. The van der Waals surface area contributed by atoms with Crippen LogP contribution in [0.5, 0.6) is 11.5 Å². The highest BCUT2D eigenvalue weighted by molar-refractivity contribution is 7.93. The SMILES string of the molecule is COc1ccc(NS(=O)(=O)c2ccc3c4c(cccc24)C(=O)N3)cc1OC. The lowest BCUT2D eigenvalue weighted by Gasteiger charge is -2.13. The van der Waals surface area contributed by atoms with E-state index in [0.29, 0.717) is 39.2 Å². The number of hydrogen-bond acceptors (Lipinski definition) is 5. The highest BCUT2D eigenvalue weighted by atomic mass is 32.2. The maximum atomic E-state index is 13.0. The first-order valence-electron chi connectivity index (χ1n) is 8.06. The number of rotatable bonds is 5. The van der Waals surface area contributed by atoms with E-state index in [4.69, 9.17) is 9.47 Å². The Morgan fingerprint density at radius 2 is 1.74 bits per heavy atom. The molecule has 138 valence electrons. The summed E-state index contributed by atoms with van der Waals surface area (Å²) in [7, 11) is -0.914. The van der Waals surface area contributed by atoms with Crippen molar-refractivity contribution in [2.24, 2.45) is 0 Å². The molecule has 3 aromatic carbocycles. The van der Waals surface area contributed by atoms with Crippen molar-refractivity contribution in [3.63, 3.8) is 0 Å². The lowest BCUT2D eigenvalue weighted by Crippen LogP contribution is -2.13. The van der Waals surface area contributed by atoms with Crippen molar-refractivity contribution >= 4 is 38.1 Å². The van der Waals surface area contributed by atoms with Crippen molar-refractivity contribution in [2.45, 2.75) is 4.90 Å². The lowest BCUT2D eigenvalue weighted by atomic mass is 10.1. The molecule has 1 heterocycles. The minimum absolute atomic E-state index is 0.0920. The van der Waals surface area contributed by atoms with Gasteiger partial charge in [-0.1, -0.05) is 12.1 Å². The van der Waals surface area contributed by atoms with Crippen molar-refractivity contribution in [3.8, 4) is 11.5 Å². The second-order valence-corrected chi connectivity index (χ2v) is 7.62. The van der Waals surface area contributed by atoms with E-state index in [1.165, 1.54) is 20.3 Å². The van der Waals surface area contributed by atoms with E-state index in [1.54, 1.807) is 42.5 Å². The molecule has 0 unspecified atom stereocenters. The summed E-state index contributed by atoms with van der Waals surface area (Å²) < 4.78 is 38.9. The number of carbonyl (C=O) groups excluding carboxylic acids is 1. The molecule has 27 heavy (non-hydrogen) atoms. The summed E-state index contributed by atoms with van der Waals surface area (Å²) in [6.07, 6.45) is 0. The zero-order chi connectivity index (χ0) is 19.2. The van der Waals surface area contributed by atoms with Crippen LogP contribution in [0, 0.1) is 0 Å². The number of ether oxygens (including phenoxy) is 2. The largest absolute Gasteiger partial charge is 0.493 e. The van der Waals surface area contributed by atoms with E-state index in [1.807, 2.05) is 0 Å². The van der Waals surface area contributed by atoms with E-state index in [0.717, 1.165) is 0 Å². The molecular formula is C19H16N2O5S. The van der Waals surface area contributed by atoms with Gasteiger partial charge in [-0.3, -0.25) is 9.52 Å². The predicted octanol–water partition coefficient (Wildman–Crippen LogP) is 3.22. The van der Waals surface area contributed by atoms with Crippen LogP contribution in [0.25, 0.3) is 10.8 Å². The number of anilines is 2. The first kappa shape index (κ1) is 17.2. The summed E-state index contributed by atoms with van der Waals surface area (Å²) in [5.74, 6) is 0.668. The smallest absolute Gasteiger partial charge is 0.262 e. The molecule has 7 nitrogen and oxygen atoms in total. The Morgan fingerprint density at radius 3 is 2.48 bits per heavy atom. The molecule has 0 aliphatic carbocycles. The molecule has 0 saturated carbocycles. The van der Waals surface area contributed by atoms with Crippen molar-refractivity contribution < 1.29 is 22.7 Å². The second kappa shape index (κ2) is 6.17. The van der Waals surface area contributed by atoms with Gasteiger partial charge in [0, 0.05) is 28.1 Å². The van der Waals surface area contributed by atoms with Crippen LogP contribution in [0.4, 0.5) is 11.4 Å². The normalized spacial score (nSPS) is 12.7. The number of benzene rings is 3. The molecule has 1 amide bonds. The Bertz CT molecular complexity index is 1190. The Morgan fingerprint density at radius 1 is 0.963 bits per heavy atom. The summed E-state index contributed by atoms with van der Waals surface area (Å²) in [5, 5.41) is 3.83. The van der Waals surface area contributed by atoms with Crippen LogP contribution in [-0.4, -0.2) is 28.5 Å². The molecule has 0 aromatic heterocycles. The first-order chi connectivity index (χ1) is 12.9. The summed E-state index contributed by atoms with van der Waals surface area (Å²) in [6, 6.07) is 12.9. The van der Waals surface area contributed by atoms with Crippen molar-refractivity contribution in [2.75, 3.05) is 24.3 Å². The van der Waals surface area contributed by atoms with Crippen LogP contribution < -0.4 is 19.5 Å². The second-order valence-electron chi connectivity index (χ2n) is 5.97. The minimum atomic E-state index is -3.89. The number of carbonyl (C=O) groups is 1. The highest BCUT2D eigenvalue weighted by Gasteiger charge is 2.26. The molecule has 2 N–H and O–H groups in total. The Kier molecular flexibility index (Phi) is 3.92. The van der Waals surface area contributed by atoms with Crippen LogP contribution in [0.2, 0.25) is 0 Å². The Balaban J connectivity index is 1.80. The molecule has 0 spiro atoms. The van der Waals surface area contributed by atoms with Gasteiger partial charge in [0.15, 0.2) is 11.5 Å². The Labute approximate surface area is 156 Å². The number of nitrogens with one attached hydrogen (secondary N) is 2. The third-order valence-corrected chi connectivity index (χ3v) is 5.86.